The van der Waals surface area contributed by atoms with Crippen LogP contribution in [0.2, 0.25) is 0 Å². The van der Waals surface area contributed by atoms with Gasteiger partial charge in [0.25, 0.3) is 0 Å². The van der Waals surface area contributed by atoms with Gasteiger partial charge in [0.15, 0.2) is 11.5 Å². The number of carboxylic acids is 1. The zero-order valence-corrected chi connectivity index (χ0v) is 17.3. The first kappa shape index (κ1) is 24.2. The largest absolute Gasteiger partial charge is 0.493 e. The van der Waals surface area contributed by atoms with Gasteiger partial charge >= 0.3 is 12.1 Å². The fourth-order valence-electron chi connectivity index (χ4n) is 3.86. The van der Waals surface area contributed by atoms with E-state index in [0.717, 1.165) is 50.5 Å². The summed E-state index contributed by atoms with van der Waals surface area (Å²) in [6.45, 7) is 2.79. The molecule has 0 amide bonds. The van der Waals surface area contributed by atoms with Crippen LogP contribution in [0.15, 0.2) is 18.2 Å². The van der Waals surface area contributed by atoms with Gasteiger partial charge in [0.05, 0.1) is 33.0 Å². The van der Waals surface area contributed by atoms with Crippen LogP contribution in [0.4, 0.5) is 13.2 Å². The summed E-state index contributed by atoms with van der Waals surface area (Å²) in [4.78, 5) is 11.4. The number of aliphatic carboxylic acids is 1. The summed E-state index contributed by atoms with van der Waals surface area (Å²) < 4.78 is 54.1. The zero-order chi connectivity index (χ0) is 22.3. The molecule has 1 saturated carbocycles. The molecule has 7 nitrogen and oxygen atoms in total. The van der Waals surface area contributed by atoms with Crippen molar-refractivity contribution < 1.29 is 42.0 Å². The van der Waals surface area contributed by atoms with Crippen molar-refractivity contribution >= 4 is 5.97 Å². The molecule has 1 saturated heterocycles. The van der Waals surface area contributed by atoms with Gasteiger partial charge in [-0.15, -0.1) is 0 Å². The molecular formula is C20H28F3NO6. The highest BCUT2D eigenvalue weighted by Gasteiger charge is 2.42. The maximum atomic E-state index is 10.6. The number of carboxylic acid groups (broad SMARTS) is 1. The molecule has 0 radical (unpaired) electrons. The normalized spacial score (nSPS) is 23.9. The standard InChI is InChI=1S/C18H27NO4.C2HF3O2/c1-20-15-6-4-13(12-17(15)21-2)8-9-19-10-11-23-16-7-5-14(19)18(16)22-3;3-2(4,5)1(6)7/h4,6,12,14,16,18H,5,7-11H2,1-3H3;(H,6,7). The third kappa shape index (κ3) is 6.23. The van der Waals surface area contributed by atoms with Crippen LogP contribution in [0.25, 0.3) is 0 Å². The molecule has 1 heterocycles. The first-order chi connectivity index (χ1) is 14.2. The fraction of sp³-hybridized carbons (Fsp3) is 0.650. The number of alkyl halides is 3. The van der Waals surface area contributed by atoms with Gasteiger partial charge in [-0.2, -0.15) is 13.2 Å². The quantitative estimate of drug-likeness (QED) is 0.736. The number of benzene rings is 1. The second kappa shape index (κ2) is 10.8. The SMILES string of the molecule is COc1ccc(CCN2CCOC3CCC2C3OC)cc1OC.O=C(O)C(F)(F)F. The lowest BCUT2D eigenvalue weighted by molar-refractivity contribution is -0.192. The van der Waals surface area contributed by atoms with E-state index in [9.17, 15) is 13.2 Å². The highest BCUT2D eigenvalue weighted by Crippen LogP contribution is 2.32. The summed E-state index contributed by atoms with van der Waals surface area (Å²) in [6.07, 6.45) is -1.35. The lowest BCUT2D eigenvalue weighted by Crippen LogP contribution is -2.43. The van der Waals surface area contributed by atoms with E-state index in [2.05, 4.69) is 17.0 Å². The van der Waals surface area contributed by atoms with Crippen LogP contribution >= 0.6 is 0 Å². The molecule has 10 heteroatoms. The Morgan fingerprint density at radius 3 is 2.43 bits per heavy atom. The topological polar surface area (TPSA) is 77.5 Å². The number of hydrogen-bond donors (Lipinski definition) is 1. The second-order valence-electron chi connectivity index (χ2n) is 7.03. The Hall–Kier alpha value is -2.04. The van der Waals surface area contributed by atoms with Crippen LogP contribution in [0.5, 0.6) is 11.5 Å². The van der Waals surface area contributed by atoms with E-state index in [4.69, 9.17) is 28.8 Å². The monoisotopic (exact) mass is 435 g/mol. The minimum atomic E-state index is -5.08. The molecule has 2 fully saturated rings. The van der Waals surface area contributed by atoms with Gasteiger partial charge in [-0.3, -0.25) is 4.90 Å². The van der Waals surface area contributed by atoms with Crippen LogP contribution in [-0.2, 0) is 20.7 Å². The molecule has 1 aromatic carbocycles. The number of halogens is 3. The highest BCUT2D eigenvalue weighted by atomic mass is 19.4. The van der Waals surface area contributed by atoms with Crippen LogP contribution in [0.1, 0.15) is 18.4 Å². The Labute approximate surface area is 173 Å². The van der Waals surface area contributed by atoms with E-state index < -0.39 is 12.1 Å². The predicted octanol–water partition coefficient (Wildman–Crippen LogP) is 2.76. The van der Waals surface area contributed by atoms with Crippen molar-refractivity contribution in [2.45, 2.75) is 43.7 Å². The van der Waals surface area contributed by atoms with Gasteiger partial charge in [-0.1, -0.05) is 6.07 Å². The molecule has 3 atom stereocenters. The minimum absolute atomic E-state index is 0.211. The molecule has 0 spiro atoms. The molecule has 30 heavy (non-hydrogen) atoms. The molecule has 1 aliphatic heterocycles. The number of rotatable bonds is 6. The van der Waals surface area contributed by atoms with Gasteiger partial charge in [0.1, 0.15) is 0 Å². The van der Waals surface area contributed by atoms with Crippen molar-refractivity contribution in [3.05, 3.63) is 23.8 Å². The smallest absolute Gasteiger partial charge is 0.490 e. The predicted molar refractivity (Wildman–Crippen MR) is 102 cm³/mol. The Morgan fingerprint density at radius 1 is 1.20 bits per heavy atom. The van der Waals surface area contributed by atoms with E-state index >= 15 is 0 Å². The van der Waals surface area contributed by atoms with Crippen LogP contribution in [-0.4, -0.2) is 81.4 Å². The summed E-state index contributed by atoms with van der Waals surface area (Å²) in [6, 6.07) is 6.63. The molecule has 3 unspecified atom stereocenters. The van der Waals surface area contributed by atoms with E-state index in [1.807, 2.05) is 6.07 Å². The summed E-state index contributed by atoms with van der Waals surface area (Å²) in [5.74, 6) is -1.19. The third-order valence-corrected chi connectivity index (χ3v) is 5.32. The van der Waals surface area contributed by atoms with E-state index in [-0.39, 0.29) is 12.2 Å². The average Bonchev–Trinajstić information content (AvgIpc) is 3.02. The molecule has 1 aliphatic carbocycles. The summed E-state index contributed by atoms with van der Waals surface area (Å²) >= 11 is 0. The van der Waals surface area contributed by atoms with E-state index in [0.29, 0.717) is 6.04 Å². The maximum absolute atomic E-state index is 10.6. The molecule has 2 bridgehead atoms. The Morgan fingerprint density at radius 2 is 1.87 bits per heavy atom. The Balaban J connectivity index is 0.000000396. The first-order valence-electron chi connectivity index (χ1n) is 9.60. The lowest BCUT2D eigenvalue weighted by Gasteiger charge is -2.30. The van der Waals surface area contributed by atoms with Crippen molar-refractivity contribution in [3.63, 3.8) is 0 Å². The number of hydrogen-bond acceptors (Lipinski definition) is 6. The van der Waals surface area contributed by atoms with Crippen LogP contribution < -0.4 is 9.47 Å². The molecule has 1 N–H and O–H groups in total. The van der Waals surface area contributed by atoms with Crippen LogP contribution in [0.3, 0.4) is 0 Å². The van der Waals surface area contributed by atoms with Gasteiger partial charge in [0.2, 0.25) is 0 Å². The molecule has 170 valence electrons. The molecule has 2 aliphatic rings. The van der Waals surface area contributed by atoms with Crippen molar-refractivity contribution in [1.29, 1.82) is 0 Å². The minimum Gasteiger partial charge on any atom is -0.493 e. The Kier molecular flexibility index (Phi) is 8.75. The number of methoxy groups -OCH3 is 3. The highest BCUT2D eigenvalue weighted by molar-refractivity contribution is 5.73. The van der Waals surface area contributed by atoms with Crippen molar-refractivity contribution in [1.82, 2.24) is 4.90 Å². The average molecular weight is 435 g/mol. The molecule has 1 aromatic rings. The van der Waals surface area contributed by atoms with Gasteiger partial charge in [-0.25, -0.2) is 4.79 Å². The number of fused-ring (bicyclic) bond motifs is 2. The summed E-state index contributed by atoms with van der Waals surface area (Å²) in [5.41, 5.74) is 1.26. The van der Waals surface area contributed by atoms with Crippen molar-refractivity contribution in [3.8, 4) is 11.5 Å². The second-order valence-corrected chi connectivity index (χ2v) is 7.03. The van der Waals surface area contributed by atoms with E-state index in [1.165, 1.54) is 5.56 Å². The lowest BCUT2D eigenvalue weighted by atomic mass is 10.1. The molecule has 3 rings (SSSR count). The van der Waals surface area contributed by atoms with Crippen LogP contribution in [0, 0.1) is 0 Å². The zero-order valence-electron chi connectivity index (χ0n) is 17.3. The fourth-order valence-corrected chi connectivity index (χ4v) is 3.86. The Bertz CT molecular complexity index is 700. The molecule has 0 aromatic heterocycles. The number of nitrogens with zero attached hydrogens (tertiary/aromatic N) is 1. The maximum Gasteiger partial charge on any atom is 0.490 e. The van der Waals surface area contributed by atoms with Crippen molar-refractivity contribution in [2.75, 3.05) is 41.0 Å². The first-order valence-corrected chi connectivity index (χ1v) is 9.60. The summed E-state index contributed by atoms with van der Waals surface area (Å²) in [7, 11) is 5.14. The molecular weight excluding hydrogens is 407 g/mol. The van der Waals surface area contributed by atoms with Crippen molar-refractivity contribution in [2.24, 2.45) is 0 Å². The number of ether oxygens (including phenoxy) is 4. The third-order valence-electron chi connectivity index (χ3n) is 5.32. The summed E-state index contributed by atoms with van der Waals surface area (Å²) in [5, 5.41) is 7.12. The number of carbonyl (C=O) groups is 1. The van der Waals surface area contributed by atoms with E-state index in [1.54, 1.807) is 21.3 Å². The van der Waals surface area contributed by atoms with Gasteiger partial charge in [0, 0.05) is 26.2 Å². The van der Waals surface area contributed by atoms with Gasteiger partial charge in [-0.05, 0) is 37.0 Å². The van der Waals surface area contributed by atoms with Gasteiger partial charge < -0.3 is 24.1 Å².